The van der Waals surface area contributed by atoms with Crippen LogP contribution in [0.4, 0.5) is 5.69 Å². The standard InChI is InChI=1S/C19H23NO3/c1-14(21)20-17-9-5-8-15(12-17)6-4-7-16-10-11-18(22-2)19(13-16)23-3/h5,8-13H,4,6-7H2,1-3H3,(H,20,21). The van der Waals surface area contributed by atoms with Gasteiger partial charge in [0.25, 0.3) is 0 Å². The minimum absolute atomic E-state index is 0.0486. The van der Waals surface area contributed by atoms with E-state index in [-0.39, 0.29) is 5.91 Å². The van der Waals surface area contributed by atoms with Crippen LogP contribution in [0.25, 0.3) is 0 Å². The van der Waals surface area contributed by atoms with Crippen LogP contribution >= 0.6 is 0 Å². The first-order valence-corrected chi connectivity index (χ1v) is 7.70. The summed E-state index contributed by atoms with van der Waals surface area (Å²) in [6.07, 6.45) is 2.95. The summed E-state index contributed by atoms with van der Waals surface area (Å²) in [6.45, 7) is 1.52. The van der Waals surface area contributed by atoms with E-state index in [2.05, 4.69) is 17.4 Å². The molecule has 0 fully saturated rings. The maximum Gasteiger partial charge on any atom is 0.221 e. The van der Waals surface area contributed by atoms with Crippen molar-refractivity contribution in [2.45, 2.75) is 26.2 Å². The highest BCUT2D eigenvalue weighted by molar-refractivity contribution is 5.88. The maximum atomic E-state index is 11.1. The van der Waals surface area contributed by atoms with Gasteiger partial charge < -0.3 is 14.8 Å². The van der Waals surface area contributed by atoms with Gasteiger partial charge in [-0.2, -0.15) is 0 Å². The van der Waals surface area contributed by atoms with Gasteiger partial charge in [-0.15, -0.1) is 0 Å². The van der Waals surface area contributed by atoms with Gasteiger partial charge in [-0.3, -0.25) is 4.79 Å². The molecule has 0 radical (unpaired) electrons. The Morgan fingerprint density at radius 2 is 1.65 bits per heavy atom. The number of rotatable bonds is 7. The van der Waals surface area contributed by atoms with Gasteiger partial charge in [-0.05, 0) is 54.7 Å². The van der Waals surface area contributed by atoms with Crippen molar-refractivity contribution < 1.29 is 14.3 Å². The highest BCUT2D eigenvalue weighted by Crippen LogP contribution is 2.28. The van der Waals surface area contributed by atoms with Crippen molar-refractivity contribution in [2.24, 2.45) is 0 Å². The Labute approximate surface area is 137 Å². The summed E-state index contributed by atoms with van der Waals surface area (Å²) in [5.41, 5.74) is 3.29. The third kappa shape index (κ3) is 5.02. The fourth-order valence-corrected chi connectivity index (χ4v) is 2.54. The number of benzene rings is 2. The van der Waals surface area contributed by atoms with Crippen LogP contribution < -0.4 is 14.8 Å². The van der Waals surface area contributed by atoms with E-state index in [1.807, 2.05) is 30.3 Å². The van der Waals surface area contributed by atoms with Crippen LogP contribution in [0.2, 0.25) is 0 Å². The van der Waals surface area contributed by atoms with E-state index < -0.39 is 0 Å². The Kier molecular flexibility index (Phi) is 6.03. The molecule has 0 aliphatic heterocycles. The molecule has 23 heavy (non-hydrogen) atoms. The van der Waals surface area contributed by atoms with Gasteiger partial charge in [0.1, 0.15) is 0 Å². The lowest BCUT2D eigenvalue weighted by atomic mass is 10.0. The van der Waals surface area contributed by atoms with E-state index in [0.29, 0.717) is 0 Å². The van der Waals surface area contributed by atoms with Crippen LogP contribution in [0.5, 0.6) is 11.5 Å². The zero-order chi connectivity index (χ0) is 16.7. The van der Waals surface area contributed by atoms with Crippen molar-refractivity contribution in [3.63, 3.8) is 0 Å². The average molecular weight is 313 g/mol. The lowest BCUT2D eigenvalue weighted by Crippen LogP contribution is -2.05. The van der Waals surface area contributed by atoms with E-state index in [9.17, 15) is 4.79 Å². The average Bonchev–Trinajstić information content (AvgIpc) is 2.54. The molecule has 2 aromatic carbocycles. The number of carbonyl (C=O) groups excluding carboxylic acids is 1. The second-order valence-corrected chi connectivity index (χ2v) is 5.42. The maximum absolute atomic E-state index is 11.1. The summed E-state index contributed by atoms with van der Waals surface area (Å²) in [5, 5.41) is 2.81. The molecule has 0 atom stereocenters. The van der Waals surface area contributed by atoms with Crippen molar-refractivity contribution in [1.29, 1.82) is 0 Å². The SMILES string of the molecule is COc1ccc(CCCc2cccc(NC(C)=O)c2)cc1OC. The van der Waals surface area contributed by atoms with Crippen LogP contribution in [-0.4, -0.2) is 20.1 Å². The Morgan fingerprint density at radius 1 is 0.957 bits per heavy atom. The predicted molar refractivity (Wildman–Crippen MR) is 92.3 cm³/mol. The van der Waals surface area contributed by atoms with Crippen LogP contribution in [0, 0.1) is 0 Å². The van der Waals surface area contributed by atoms with Crippen molar-refractivity contribution in [3.05, 3.63) is 53.6 Å². The summed E-state index contributed by atoms with van der Waals surface area (Å²) in [4.78, 5) is 11.1. The molecule has 0 unspecified atom stereocenters. The number of amides is 1. The monoisotopic (exact) mass is 313 g/mol. The zero-order valence-corrected chi connectivity index (χ0v) is 13.9. The molecule has 2 rings (SSSR count). The van der Waals surface area contributed by atoms with Crippen molar-refractivity contribution in [3.8, 4) is 11.5 Å². The number of ether oxygens (including phenoxy) is 2. The van der Waals surface area contributed by atoms with Crippen molar-refractivity contribution in [1.82, 2.24) is 0 Å². The number of aryl methyl sites for hydroxylation is 2. The third-order valence-corrected chi connectivity index (χ3v) is 3.63. The normalized spacial score (nSPS) is 10.2. The first kappa shape index (κ1) is 16.9. The molecular formula is C19H23NO3. The van der Waals surface area contributed by atoms with E-state index >= 15 is 0 Å². The van der Waals surface area contributed by atoms with Gasteiger partial charge in [0.15, 0.2) is 11.5 Å². The predicted octanol–water partition coefficient (Wildman–Crippen LogP) is 3.84. The number of hydrogen-bond acceptors (Lipinski definition) is 3. The molecule has 0 saturated carbocycles. The van der Waals surface area contributed by atoms with Crippen molar-refractivity contribution >= 4 is 11.6 Å². The summed E-state index contributed by atoms with van der Waals surface area (Å²) < 4.78 is 10.6. The number of methoxy groups -OCH3 is 2. The molecule has 0 aromatic heterocycles. The number of anilines is 1. The molecule has 0 heterocycles. The molecular weight excluding hydrogens is 290 g/mol. The first-order valence-electron chi connectivity index (χ1n) is 7.70. The minimum Gasteiger partial charge on any atom is -0.493 e. The first-order chi connectivity index (χ1) is 11.1. The lowest BCUT2D eigenvalue weighted by molar-refractivity contribution is -0.114. The smallest absolute Gasteiger partial charge is 0.221 e. The summed E-state index contributed by atoms with van der Waals surface area (Å²) in [5.74, 6) is 1.46. The van der Waals surface area contributed by atoms with E-state index in [0.717, 1.165) is 36.4 Å². The summed E-state index contributed by atoms with van der Waals surface area (Å²) in [6, 6.07) is 14.0. The van der Waals surface area contributed by atoms with E-state index in [4.69, 9.17) is 9.47 Å². The van der Waals surface area contributed by atoms with Crippen LogP contribution in [-0.2, 0) is 17.6 Å². The molecule has 4 nitrogen and oxygen atoms in total. The second-order valence-electron chi connectivity index (χ2n) is 5.42. The summed E-state index contributed by atoms with van der Waals surface area (Å²) in [7, 11) is 3.29. The van der Waals surface area contributed by atoms with Gasteiger partial charge in [-0.25, -0.2) is 0 Å². The molecule has 0 aliphatic rings. The fraction of sp³-hybridized carbons (Fsp3) is 0.316. The minimum atomic E-state index is -0.0486. The molecule has 1 N–H and O–H groups in total. The van der Waals surface area contributed by atoms with Gasteiger partial charge in [0.05, 0.1) is 14.2 Å². The molecule has 0 saturated heterocycles. The Balaban J connectivity index is 1.93. The molecule has 4 heteroatoms. The number of nitrogens with one attached hydrogen (secondary N) is 1. The van der Waals surface area contributed by atoms with Crippen LogP contribution in [0.15, 0.2) is 42.5 Å². The third-order valence-electron chi connectivity index (χ3n) is 3.63. The fourth-order valence-electron chi connectivity index (χ4n) is 2.54. The number of hydrogen-bond donors (Lipinski definition) is 1. The Morgan fingerprint density at radius 3 is 2.30 bits per heavy atom. The largest absolute Gasteiger partial charge is 0.493 e. The molecule has 2 aromatic rings. The quantitative estimate of drug-likeness (QED) is 0.845. The molecule has 1 amide bonds. The molecule has 122 valence electrons. The molecule has 0 aliphatic carbocycles. The molecule has 0 spiro atoms. The summed E-state index contributed by atoms with van der Waals surface area (Å²) >= 11 is 0. The number of carbonyl (C=O) groups is 1. The van der Waals surface area contributed by atoms with Crippen LogP contribution in [0.1, 0.15) is 24.5 Å². The van der Waals surface area contributed by atoms with Gasteiger partial charge in [-0.1, -0.05) is 18.2 Å². The zero-order valence-electron chi connectivity index (χ0n) is 13.9. The van der Waals surface area contributed by atoms with Gasteiger partial charge in [0.2, 0.25) is 5.91 Å². The van der Waals surface area contributed by atoms with Gasteiger partial charge >= 0.3 is 0 Å². The highest BCUT2D eigenvalue weighted by atomic mass is 16.5. The van der Waals surface area contributed by atoms with Crippen molar-refractivity contribution in [2.75, 3.05) is 19.5 Å². The van der Waals surface area contributed by atoms with Gasteiger partial charge in [0, 0.05) is 12.6 Å². The van der Waals surface area contributed by atoms with E-state index in [1.165, 1.54) is 18.1 Å². The second kappa shape index (κ2) is 8.22. The Bertz CT molecular complexity index is 667. The van der Waals surface area contributed by atoms with E-state index in [1.54, 1.807) is 14.2 Å². The molecule has 0 bridgehead atoms. The topological polar surface area (TPSA) is 47.6 Å². The van der Waals surface area contributed by atoms with Crippen LogP contribution in [0.3, 0.4) is 0 Å². The Hall–Kier alpha value is -2.49. The lowest BCUT2D eigenvalue weighted by Gasteiger charge is -2.10. The highest BCUT2D eigenvalue weighted by Gasteiger charge is 2.05.